The molecule has 0 radical (unpaired) electrons. The molecule has 0 spiro atoms. The SMILES string of the molecule is CCCCNC(=O)[C@H](Cc1ccccc1)N(Cc1ccc(F)cc1)C(=O)CN(c1ccc(C)c(C)c1)S(=O)(=O)c1ccc(Cl)cc1. The zero-order chi connectivity index (χ0) is 33.3. The van der Waals surface area contributed by atoms with Gasteiger partial charge in [-0.05, 0) is 91.1 Å². The Morgan fingerprint density at radius 2 is 1.54 bits per heavy atom. The molecular formula is C36H39ClFN3O4S. The van der Waals surface area contributed by atoms with E-state index in [-0.39, 0.29) is 23.8 Å². The minimum absolute atomic E-state index is 0.0360. The number of benzene rings is 4. The van der Waals surface area contributed by atoms with Gasteiger partial charge in [0.1, 0.15) is 18.4 Å². The highest BCUT2D eigenvalue weighted by atomic mass is 35.5. The standard InChI is InChI=1S/C36H39ClFN3O4S/c1-4-5-21-39-36(43)34(23-28-9-7-6-8-10-28)40(24-29-12-16-31(38)17-13-29)35(42)25-41(32-18-11-26(2)27(3)22-32)46(44,45)33-19-14-30(37)15-20-33/h6-20,22,34H,4-5,21,23-25H2,1-3H3,(H,39,43)/t34-/m0/s1. The van der Waals surface area contributed by atoms with E-state index in [1.54, 1.807) is 30.3 Å². The number of carbonyl (C=O) groups excluding carboxylic acids is 2. The summed E-state index contributed by atoms with van der Waals surface area (Å²) in [7, 11) is -4.25. The Bertz CT molecular complexity index is 1730. The molecule has 10 heteroatoms. The molecule has 242 valence electrons. The number of sulfonamides is 1. The van der Waals surface area contributed by atoms with Crippen molar-refractivity contribution in [2.24, 2.45) is 0 Å². The van der Waals surface area contributed by atoms with Gasteiger partial charge in [-0.3, -0.25) is 13.9 Å². The number of hydrogen-bond donors (Lipinski definition) is 1. The largest absolute Gasteiger partial charge is 0.354 e. The number of nitrogens with zero attached hydrogens (tertiary/aromatic N) is 2. The topological polar surface area (TPSA) is 86.8 Å². The van der Waals surface area contributed by atoms with Crippen molar-refractivity contribution in [1.29, 1.82) is 0 Å². The molecule has 0 fully saturated rings. The van der Waals surface area contributed by atoms with E-state index in [4.69, 9.17) is 11.6 Å². The molecule has 0 aliphatic heterocycles. The van der Waals surface area contributed by atoms with E-state index in [1.807, 2.05) is 51.1 Å². The second-order valence-electron chi connectivity index (χ2n) is 11.2. The van der Waals surface area contributed by atoms with Gasteiger partial charge in [-0.15, -0.1) is 0 Å². The summed E-state index contributed by atoms with van der Waals surface area (Å²) >= 11 is 6.06. The first kappa shape index (κ1) is 34.7. The van der Waals surface area contributed by atoms with Crippen LogP contribution in [0.1, 0.15) is 42.0 Å². The molecule has 0 saturated heterocycles. The lowest BCUT2D eigenvalue weighted by atomic mass is 10.0. The Kier molecular flexibility index (Phi) is 12.0. The third kappa shape index (κ3) is 8.95. The van der Waals surface area contributed by atoms with Crippen LogP contribution in [-0.2, 0) is 32.6 Å². The van der Waals surface area contributed by atoms with Crippen molar-refractivity contribution < 1.29 is 22.4 Å². The fraction of sp³-hybridized carbons (Fsp3) is 0.278. The Morgan fingerprint density at radius 3 is 2.17 bits per heavy atom. The average molecular weight is 664 g/mol. The highest BCUT2D eigenvalue weighted by Gasteiger charge is 2.34. The molecule has 4 aromatic rings. The van der Waals surface area contributed by atoms with Gasteiger partial charge in [0.05, 0.1) is 10.6 Å². The minimum Gasteiger partial charge on any atom is -0.354 e. The van der Waals surface area contributed by atoms with Gasteiger partial charge >= 0.3 is 0 Å². The zero-order valence-electron chi connectivity index (χ0n) is 26.2. The number of carbonyl (C=O) groups is 2. The predicted octanol–water partition coefficient (Wildman–Crippen LogP) is 6.85. The molecule has 0 aliphatic rings. The molecule has 0 aliphatic carbocycles. The van der Waals surface area contributed by atoms with E-state index < -0.39 is 34.3 Å². The van der Waals surface area contributed by atoms with Crippen molar-refractivity contribution in [3.8, 4) is 0 Å². The van der Waals surface area contributed by atoms with Gasteiger partial charge in [0.2, 0.25) is 11.8 Å². The molecule has 0 unspecified atom stereocenters. The minimum atomic E-state index is -4.25. The molecule has 0 bridgehead atoms. The van der Waals surface area contributed by atoms with E-state index in [9.17, 15) is 22.4 Å². The van der Waals surface area contributed by atoms with Crippen molar-refractivity contribution >= 4 is 39.1 Å². The van der Waals surface area contributed by atoms with Gasteiger partial charge in [-0.2, -0.15) is 0 Å². The third-order valence-corrected chi connectivity index (χ3v) is 9.87. The van der Waals surface area contributed by atoms with Crippen LogP contribution in [0, 0.1) is 19.7 Å². The first-order valence-corrected chi connectivity index (χ1v) is 17.0. The number of hydrogen-bond acceptors (Lipinski definition) is 4. The Balaban J connectivity index is 1.80. The van der Waals surface area contributed by atoms with E-state index in [1.165, 1.54) is 41.3 Å². The maximum absolute atomic E-state index is 14.5. The molecule has 0 saturated carbocycles. The maximum atomic E-state index is 14.5. The summed E-state index contributed by atoms with van der Waals surface area (Å²) in [6, 6.07) is 25.0. The van der Waals surface area contributed by atoms with E-state index in [0.717, 1.165) is 33.8 Å². The summed E-state index contributed by atoms with van der Waals surface area (Å²) < 4.78 is 43.2. The molecule has 0 heterocycles. The van der Waals surface area contributed by atoms with Crippen LogP contribution in [0.2, 0.25) is 5.02 Å². The van der Waals surface area contributed by atoms with Gasteiger partial charge in [-0.1, -0.05) is 73.5 Å². The number of amides is 2. The van der Waals surface area contributed by atoms with Crippen LogP contribution >= 0.6 is 11.6 Å². The highest BCUT2D eigenvalue weighted by Crippen LogP contribution is 2.27. The summed E-state index contributed by atoms with van der Waals surface area (Å²) in [6.07, 6.45) is 1.82. The molecule has 7 nitrogen and oxygen atoms in total. The third-order valence-electron chi connectivity index (χ3n) is 7.83. The highest BCUT2D eigenvalue weighted by molar-refractivity contribution is 7.92. The molecule has 4 aromatic carbocycles. The van der Waals surface area contributed by atoms with E-state index >= 15 is 0 Å². The van der Waals surface area contributed by atoms with Gasteiger partial charge in [0.25, 0.3) is 10.0 Å². The number of halogens is 2. The molecule has 46 heavy (non-hydrogen) atoms. The first-order chi connectivity index (χ1) is 22.0. The molecular weight excluding hydrogens is 625 g/mol. The summed E-state index contributed by atoms with van der Waals surface area (Å²) in [5.41, 5.74) is 3.53. The van der Waals surface area contributed by atoms with Gasteiger partial charge in [0, 0.05) is 24.5 Å². The van der Waals surface area contributed by atoms with Crippen LogP contribution in [0.25, 0.3) is 0 Å². The van der Waals surface area contributed by atoms with Gasteiger partial charge < -0.3 is 10.2 Å². The lowest BCUT2D eigenvalue weighted by molar-refractivity contribution is -0.140. The van der Waals surface area contributed by atoms with Gasteiger partial charge in [0.15, 0.2) is 0 Å². The first-order valence-electron chi connectivity index (χ1n) is 15.2. The van der Waals surface area contributed by atoms with Gasteiger partial charge in [-0.25, -0.2) is 12.8 Å². The van der Waals surface area contributed by atoms with Crippen molar-refractivity contribution in [3.63, 3.8) is 0 Å². The Hall–Kier alpha value is -4.21. The smallest absolute Gasteiger partial charge is 0.264 e. The lowest BCUT2D eigenvalue weighted by Gasteiger charge is -2.34. The van der Waals surface area contributed by atoms with Crippen molar-refractivity contribution in [1.82, 2.24) is 10.2 Å². The molecule has 1 N–H and O–H groups in total. The van der Waals surface area contributed by atoms with Crippen molar-refractivity contribution in [3.05, 3.63) is 130 Å². The Morgan fingerprint density at radius 1 is 0.870 bits per heavy atom. The summed E-state index contributed by atoms with van der Waals surface area (Å²) in [4.78, 5) is 29.6. The lowest BCUT2D eigenvalue weighted by Crippen LogP contribution is -2.53. The number of nitrogens with one attached hydrogen (secondary N) is 1. The molecule has 1 atom stereocenters. The normalized spacial score (nSPS) is 11.9. The quantitative estimate of drug-likeness (QED) is 0.150. The summed E-state index contributed by atoms with van der Waals surface area (Å²) in [6.45, 7) is 5.60. The monoisotopic (exact) mass is 663 g/mol. The second-order valence-corrected chi connectivity index (χ2v) is 13.5. The van der Waals surface area contributed by atoms with E-state index in [0.29, 0.717) is 22.8 Å². The summed E-state index contributed by atoms with van der Waals surface area (Å²) in [5.74, 6) is -1.38. The van der Waals surface area contributed by atoms with Crippen molar-refractivity contribution in [2.75, 3.05) is 17.4 Å². The van der Waals surface area contributed by atoms with Crippen LogP contribution in [-0.4, -0.2) is 44.3 Å². The van der Waals surface area contributed by atoms with E-state index in [2.05, 4.69) is 5.32 Å². The number of unbranched alkanes of at least 4 members (excludes halogenated alkanes) is 1. The zero-order valence-corrected chi connectivity index (χ0v) is 27.8. The molecule has 4 rings (SSSR count). The van der Waals surface area contributed by atoms with Crippen LogP contribution in [0.5, 0.6) is 0 Å². The van der Waals surface area contributed by atoms with Crippen LogP contribution in [0.3, 0.4) is 0 Å². The fourth-order valence-electron chi connectivity index (χ4n) is 4.99. The number of aryl methyl sites for hydroxylation is 2. The second kappa shape index (κ2) is 15.9. The summed E-state index contributed by atoms with van der Waals surface area (Å²) in [5, 5.41) is 3.33. The van der Waals surface area contributed by atoms with Crippen LogP contribution in [0.15, 0.2) is 102 Å². The van der Waals surface area contributed by atoms with Crippen LogP contribution < -0.4 is 9.62 Å². The van der Waals surface area contributed by atoms with Crippen LogP contribution in [0.4, 0.5) is 10.1 Å². The molecule has 0 aromatic heterocycles. The molecule has 2 amide bonds. The van der Waals surface area contributed by atoms with Crippen molar-refractivity contribution in [2.45, 2.75) is 57.5 Å². The number of rotatable bonds is 14. The Labute approximate surface area is 276 Å². The average Bonchev–Trinajstić information content (AvgIpc) is 3.04. The number of anilines is 1. The fourth-order valence-corrected chi connectivity index (χ4v) is 6.52. The predicted molar refractivity (Wildman–Crippen MR) is 181 cm³/mol. The maximum Gasteiger partial charge on any atom is 0.264 e.